The molecule has 1 unspecified atom stereocenters. The van der Waals surface area contributed by atoms with Gasteiger partial charge in [0.05, 0.1) is 23.5 Å². The van der Waals surface area contributed by atoms with Crippen LogP contribution in [-0.4, -0.2) is 33.7 Å². The van der Waals surface area contributed by atoms with Crippen LogP contribution in [0.3, 0.4) is 0 Å². The third-order valence-corrected chi connectivity index (χ3v) is 6.35. The number of esters is 1. The van der Waals surface area contributed by atoms with E-state index < -0.39 is 22.6 Å². The van der Waals surface area contributed by atoms with Gasteiger partial charge in [-0.15, -0.1) is 11.3 Å². The minimum Gasteiger partial charge on any atom is -0.465 e. The maximum absolute atomic E-state index is 12.5. The van der Waals surface area contributed by atoms with E-state index in [4.69, 9.17) is 16.3 Å². The van der Waals surface area contributed by atoms with Gasteiger partial charge in [0.1, 0.15) is 11.5 Å². The number of nitrogens with zero attached hydrogens (tertiary/aromatic N) is 3. The molecule has 1 atom stereocenters. The monoisotopic (exact) mass is 426 g/mol. The molecule has 1 aliphatic carbocycles. The Balaban J connectivity index is 1.86. The lowest BCUT2D eigenvalue weighted by Gasteiger charge is -2.18. The van der Waals surface area contributed by atoms with Crippen molar-refractivity contribution in [1.29, 1.82) is 0 Å². The van der Waals surface area contributed by atoms with Crippen molar-refractivity contribution >= 4 is 45.6 Å². The number of aromatic nitrogens is 2. The first-order valence-electron chi connectivity index (χ1n) is 8.62. The van der Waals surface area contributed by atoms with E-state index in [1.807, 2.05) is 0 Å². The first kappa shape index (κ1) is 20.3. The second-order valence-electron chi connectivity index (χ2n) is 6.73. The van der Waals surface area contributed by atoms with Gasteiger partial charge >= 0.3 is 11.8 Å². The molecular formula is C17H19ClN4O5S. The lowest BCUT2D eigenvalue weighted by molar-refractivity contribution is -0.389. The Morgan fingerprint density at radius 3 is 2.82 bits per heavy atom. The molecule has 0 aromatic carbocycles. The summed E-state index contributed by atoms with van der Waals surface area (Å²) in [6, 6.07) is 0. The van der Waals surface area contributed by atoms with Crippen molar-refractivity contribution < 1.29 is 19.2 Å². The summed E-state index contributed by atoms with van der Waals surface area (Å²) >= 11 is 7.27. The molecule has 28 heavy (non-hydrogen) atoms. The molecule has 1 N–H and O–H groups in total. The van der Waals surface area contributed by atoms with Gasteiger partial charge in [-0.3, -0.25) is 4.79 Å². The lowest BCUT2D eigenvalue weighted by atomic mass is 9.88. The van der Waals surface area contributed by atoms with Crippen LogP contribution in [0.15, 0.2) is 0 Å². The number of anilines is 1. The number of carbonyl (C=O) groups is 2. The molecule has 0 saturated carbocycles. The standard InChI is InChI=1S/C17H19ClN4O5S/c1-8-4-5-10-11(6-8)28-16(13(10)17(24)27-3)19-12(23)7-21-9(2)14(18)15(20-21)22(25)26/h8H,4-7H2,1-3H3,(H,19,23). The summed E-state index contributed by atoms with van der Waals surface area (Å²) < 4.78 is 6.07. The van der Waals surface area contributed by atoms with Crippen molar-refractivity contribution in [2.45, 2.75) is 39.7 Å². The van der Waals surface area contributed by atoms with Crippen LogP contribution >= 0.6 is 22.9 Å². The number of methoxy groups -OCH3 is 1. The highest BCUT2D eigenvalue weighted by molar-refractivity contribution is 7.17. The van der Waals surface area contributed by atoms with E-state index in [2.05, 4.69) is 17.3 Å². The van der Waals surface area contributed by atoms with Crippen LogP contribution in [0.4, 0.5) is 10.8 Å². The molecule has 0 saturated heterocycles. The summed E-state index contributed by atoms with van der Waals surface area (Å²) in [5, 5.41) is 17.8. The van der Waals surface area contributed by atoms with Crippen LogP contribution in [-0.2, 0) is 28.9 Å². The first-order chi connectivity index (χ1) is 13.2. The average Bonchev–Trinajstić information content (AvgIpc) is 3.12. The SMILES string of the molecule is COC(=O)c1c(NC(=O)Cn2nc([N+](=O)[O-])c(Cl)c2C)sc2c1CCC(C)C2. The van der Waals surface area contributed by atoms with Crippen molar-refractivity contribution in [2.75, 3.05) is 12.4 Å². The summed E-state index contributed by atoms with van der Waals surface area (Å²) in [7, 11) is 1.30. The minimum atomic E-state index is -0.701. The number of amides is 1. The third kappa shape index (κ3) is 3.74. The summed E-state index contributed by atoms with van der Waals surface area (Å²) in [6.07, 6.45) is 2.57. The normalized spacial score (nSPS) is 15.8. The third-order valence-electron chi connectivity index (χ3n) is 4.74. The van der Waals surface area contributed by atoms with E-state index in [9.17, 15) is 19.7 Å². The van der Waals surface area contributed by atoms with Crippen molar-refractivity contribution in [3.8, 4) is 0 Å². The van der Waals surface area contributed by atoms with Crippen LogP contribution in [0.25, 0.3) is 0 Å². The Labute approximate surface area is 169 Å². The number of hydrogen-bond donors (Lipinski definition) is 1. The molecule has 1 amide bonds. The highest BCUT2D eigenvalue weighted by Gasteiger charge is 2.30. The zero-order chi connectivity index (χ0) is 20.6. The number of nitro groups is 1. The number of fused-ring (bicyclic) bond motifs is 1. The quantitative estimate of drug-likeness (QED) is 0.445. The lowest BCUT2D eigenvalue weighted by Crippen LogP contribution is -2.21. The zero-order valence-electron chi connectivity index (χ0n) is 15.6. The molecular weight excluding hydrogens is 408 g/mol. The van der Waals surface area contributed by atoms with Crippen molar-refractivity contribution in [1.82, 2.24) is 9.78 Å². The smallest absolute Gasteiger partial charge is 0.408 e. The number of ether oxygens (including phenoxy) is 1. The van der Waals surface area contributed by atoms with Crippen LogP contribution in [0, 0.1) is 23.0 Å². The van der Waals surface area contributed by atoms with Gasteiger partial charge in [-0.05, 0) is 42.6 Å². The maximum atomic E-state index is 12.5. The summed E-state index contributed by atoms with van der Waals surface area (Å²) in [6.45, 7) is 3.43. The second kappa shape index (κ2) is 7.88. The van der Waals surface area contributed by atoms with Crippen molar-refractivity contribution in [3.05, 3.63) is 36.8 Å². The summed E-state index contributed by atoms with van der Waals surface area (Å²) in [5.74, 6) is -0.942. The number of thiophene rings is 1. The Bertz CT molecular complexity index is 967. The minimum absolute atomic E-state index is 0.103. The van der Waals surface area contributed by atoms with Gasteiger partial charge < -0.3 is 20.2 Å². The summed E-state index contributed by atoms with van der Waals surface area (Å²) in [4.78, 5) is 36.1. The largest absolute Gasteiger partial charge is 0.465 e. The van der Waals surface area contributed by atoms with E-state index in [0.717, 1.165) is 29.7 Å². The topological polar surface area (TPSA) is 116 Å². The van der Waals surface area contributed by atoms with E-state index >= 15 is 0 Å². The van der Waals surface area contributed by atoms with Crippen molar-refractivity contribution in [3.63, 3.8) is 0 Å². The van der Waals surface area contributed by atoms with Gasteiger partial charge in [-0.25, -0.2) is 4.79 Å². The number of halogens is 1. The predicted octanol–water partition coefficient (Wildman–Crippen LogP) is 3.36. The molecule has 1 aliphatic rings. The van der Waals surface area contributed by atoms with Crippen LogP contribution in [0.5, 0.6) is 0 Å². The fraction of sp³-hybridized carbons (Fsp3) is 0.471. The van der Waals surface area contributed by atoms with Gasteiger partial charge in [0.25, 0.3) is 0 Å². The summed E-state index contributed by atoms with van der Waals surface area (Å²) in [5.41, 5.74) is 1.64. The first-order valence-corrected chi connectivity index (χ1v) is 9.82. The van der Waals surface area contributed by atoms with Crippen LogP contribution < -0.4 is 5.32 Å². The molecule has 150 valence electrons. The van der Waals surface area contributed by atoms with Crippen LogP contribution in [0.1, 0.15) is 39.8 Å². The molecule has 0 fully saturated rings. The predicted molar refractivity (Wildman–Crippen MR) is 104 cm³/mol. The highest BCUT2D eigenvalue weighted by atomic mass is 35.5. The molecule has 2 aromatic rings. The molecule has 2 aromatic heterocycles. The van der Waals surface area contributed by atoms with E-state index in [0.29, 0.717) is 22.2 Å². The molecule has 3 rings (SSSR count). The van der Waals surface area contributed by atoms with Gasteiger partial charge in [-0.1, -0.05) is 18.5 Å². The molecule has 0 aliphatic heterocycles. The maximum Gasteiger partial charge on any atom is 0.408 e. The van der Waals surface area contributed by atoms with Gasteiger partial charge in [0.15, 0.2) is 5.02 Å². The molecule has 9 nitrogen and oxygen atoms in total. The highest BCUT2D eigenvalue weighted by Crippen LogP contribution is 2.40. The van der Waals surface area contributed by atoms with Gasteiger partial charge in [0.2, 0.25) is 5.91 Å². The Hall–Kier alpha value is -2.46. The molecule has 0 bridgehead atoms. The fourth-order valence-corrected chi connectivity index (χ4v) is 4.86. The molecule has 2 heterocycles. The second-order valence-corrected chi connectivity index (χ2v) is 8.22. The fourth-order valence-electron chi connectivity index (χ4n) is 3.24. The number of carbonyl (C=O) groups excluding carboxylic acids is 2. The Kier molecular flexibility index (Phi) is 5.71. The number of hydrogen-bond acceptors (Lipinski definition) is 7. The molecule has 0 spiro atoms. The Morgan fingerprint density at radius 2 is 2.21 bits per heavy atom. The van der Waals surface area contributed by atoms with E-state index in [1.165, 1.54) is 23.1 Å². The van der Waals surface area contributed by atoms with E-state index in [1.54, 1.807) is 6.92 Å². The van der Waals surface area contributed by atoms with E-state index in [-0.39, 0.29) is 11.6 Å². The van der Waals surface area contributed by atoms with Crippen molar-refractivity contribution in [2.24, 2.45) is 5.92 Å². The van der Waals surface area contributed by atoms with Gasteiger partial charge in [0, 0.05) is 4.88 Å². The van der Waals surface area contributed by atoms with Gasteiger partial charge in [-0.2, -0.15) is 4.68 Å². The molecule has 11 heteroatoms. The average molecular weight is 427 g/mol. The molecule has 0 radical (unpaired) electrons. The zero-order valence-corrected chi connectivity index (χ0v) is 17.1. The number of rotatable bonds is 5. The number of nitrogens with one attached hydrogen (secondary N) is 1. The van der Waals surface area contributed by atoms with Crippen LogP contribution in [0.2, 0.25) is 5.02 Å². The Morgan fingerprint density at radius 1 is 1.50 bits per heavy atom.